The summed E-state index contributed by atoms with van der Waals surface area (Å²) < 4.78 is 0. The molecule has 14 heavy (non-hydrogen) atoms. The van der Waals surface area contributed by atoms with Gasteiger partial charge in [0.1, 0.15) is 0 Å². The van der Waals surface area contributed by atoms with E-state index < -0.39 is 0 Å². The van der Waals surface area contributed by atoms with Crippen molar-refractivity contribution in [3.8, 4) is 0 Å². The smallest absolute Gasteiger partial charge is 0.223 e. The molecule has 4 heteroatoms. The van der Waals surface area contributed by atoms with Gasteiger partial charge in [0.15, 0.2) is 0 Å². The average molecular weight is 196 g/mol. The molecule has 2 unspecified atom stereocenters. The summed E-state index contributed by atoms with van der Waals surface area (Å²) in [6.45, 7) is 5.78. The Bertz CT molecular complexity index is 249. The van der Waals surface area contributed by atoms with Crippen molar-refractivity contribution in [3.05, 3.63) is 0 Å². The second-order valence-corrected chi connectivity index (χ2v) is 4.29. The van der Waals surface area contributed by atoms with Crippen LogP contribution in [-0.4, -0.2) is 46.8 Å². The summed E-state index contributed by atoms with van der Waals surface area (Å²) in [5, 5.41) is 0. The zero-order valence-corrected chi connectivity index (χ0v) is 8.69. The zero-order chi connectivity index (χ0) is 10.3. The second kappa shape index (κ2) is 3.26. The van der Waals surface area contributed by atoms with Crippen LogP contribution in [0.5, 0.6) is 0 Å². The molecule has 0 N–H and O–H groups in total. The molecule has 0 spiro atoms. The normalized spacial score (nSPS) is 29.0. The third kappa shape index (κ3) is 1.89. The fourth-order valence-electron chi connectivity index (χ4n) is 1.67. The molecule has 2 amide bonds. The van der Waals surface area contributed by atoms with Crippen LogP contribution in [0.4, 0.5) is 0 Å². The van der Waals surface area contributed by atoms with Crippen LogP contribution >= 0.6 is 0 Å². The van der Waals surface area contributed by atoms with Gasteiger partial charge in [0.25, 0.3) is 0 Å². The van der Waals surface area contributed by atoms with Gasteiger partial charge in [-0.3, -0.25) is 9.59 Å². The number of amides is 2. The van der Waals surface area contributed by atoms with Crippen LogP contribution in [0.1, 0.15) is 26.7 Å². The highest BCUT2D eigenvalue weighted by molar-refractivity contribution is 5.86. The molecule has 0 aliphatic carbocycles. The van der Waals surface area contributed by atoms with Crippen molar-refractivity contribution in [1.29, 1.82) is 0 Å². The molecular formula is C10H16N2O2. The maximum atomic E-state index is 11.4. The van der Waals surface area contributed by atoms with Gasteiger partial charge in [0, 0.05) is 38.0 Å². The molecule has 4 nitrogen and oxygen atoms in total. The van der Waals surface area contributed by atoms with E-state index in [1.165, 1.54) is 0 Å². The molecule has 0 aromatic heterocycles. The first kappa shape index (κ1) is 9.49. The van der Waals surface area contributed by atoms with Crippen LogP contribution in [0.25, 0.3) is 0 Å². The van der Waals surface area contributed by atoms with Crippen LogP contribution in [0.15, 0.2) is 0 Å². The fourth-order valence-corrected chi connectivity index (χ4v) is 1.67. The van der Waals surface area contributed by atoms with Crippen LogP contribution < -0.4 is 0 Å². The molecule has 0 aromatic rings. The molecule has 0 radical (unpaired) electrons. The quantitative estimate of drug-likeness (QED) is 0.606. The Balaban J connectivity index is 1.67. The lowest BCUT2D eigenvalue weighted by molar-refractivity contribution is -0.131. The third-order valence-corrected chi connectivity index (χ3v) is 2.91. The van der Waals surface area contributed by atoms with Crippen molar-refractivity contribution < 1.29 is 9.59 Å². The van der Waals surface area contributed by atoms with Crippen molar-refractivity contribution in [3.63, 3.8) is 0 Å². The Morgan fingerprint density at radius 1 is 1.00 bits per heavy atom. The first-order valence-corrected chi connectivity index (χ1v) is 5.18. The van der Waals surface area contributed by atoms with Crippen molar-refractivity contribution in [1.82, 2.24) is 9.80 Å². The highest BCUT2D eigenvalue weighted by atomic mass is 16.2. The van der Waals surface area contributed by atoms with E-state index in [9.17, 15) is 9.59 Å². The monoisotopic (exact) mass is 196 g/mol. The van der Waals surface area contributed by atoms with E-state index in [2.05, 4.69) is 0 Å². The Labute approximate surface area is 83.9 Å². The van der Waals surface area contributed by atoms with Gasteiger partial charge >= 0.3 is 0 Å². The molecule has 78 valence electrons. The maximum Gasteiger partial charge on any atom is 0.223 e. The lowest BCUT2D eigenvalue weighted by Crippen LogP contribution is -2.18. The lowest BCUT2D eigenvalue weighted by atomic mass is 10.3. The number of carbonyl (C=O) groups excluding carboxylic acids is 2. The first-order valence-electron chi connectivity index (χ1n) is 5.18. The van der Waals surface area contributed by atoms with E-state index in [-0.39, 0.29) is 11.8 Å². The summed E-state index contributed by atoms with van der Waals surface area (Å²) >= 11 is 0. The van der Waals surface area contributed by atoms with Gasteiger partial charge in [-0.15, -0.1) is 0 Å². The molecular weight excluding hydrogens is 180 g/mol. The molecule has 2 heterocycles. The van der Waals surface area contributed by atoms with Gasteiger partial charge in [-0.2, -0.15) is 0 Å². The molecule has 2 aliphatic heterocycles. The van der Waals surface area contributed by atoms with Crippen LogP contribution in [-0.2, 0) is 9.59 Å². The minimum Gasteiger partial charge on any atom is -0.336 e. The minimum absolute atomic E-state index is 0.125. The second-order valence-electron chi connectivity index (χ2n) is 4.29. The topological polar surface area (TPSA) is 40.2 Å². The molecule has 0 saturated carbocycles. The van der Waals surface area contributed by atoms with Gasteiger partial charge in [0.05, 0.1) is 0 Å². The SMILES string of the molecule is CC1CN1C(=O)CCC(=O)N1CC1C. The van der Waals surface area contributed by atoms with Crippen LogP contribution in [0.2, 0.25) is 0 Å². The summed E-state index contributed by atoms with van der Waals surface area (Å²) in [6, 6.07) is 0.801. The molecule has 2 atom stereocenters. The summed E-state index contributed by atoms with van der Waals surface area (Å²) in [6.07, 6.45) is 0.763. The fraction of sp³-hybridized carbons (Fsp3) is 0.800. The van der Waals surface area contributed by atoms with E-state index in [1.54, 1.807) is 9.80 Å². The van der Waals surface area contributed by atoms with Crippen molar-refractivity contribution in [2.24, 2.45) is 0 Å². The van der Waals surface area contributed by atoms with Crippen LogP contribution in [0.3, 0.4) is 0 Å². The van der Waals surface area contributed by atoms with Gasteiger partial charge in [-0.25, -0.2) is 0 Å². The minimum atomic E-state index is 0.125. The van der Waals surface area contributed by atoms with E-state index >= 15 is 0 Å². The third-order valence-electron chi connectivity index (χ3n) is 2.91. The predicted octanol–water partition coefficient (Wildman–Crippen LogP) is 0.228. The summed E-state index contributed by atoms with van der Waals surface area (Å²) in [4.78, 5) is 26.4. The van der Waals surface area contributed by atoms with E-state index in [4.69, 9.17) is 0 Å². The number of hydrogen-bond acceptors (Lipinski definition) is 2. The molecule has 2 saturated heterocycles. The first-order chi connectivity index (χ1) is 6.59. The molecule has 2 aliphatic rings. The number of carbonyl (C=O) groups is 2. The summed E-state index contributed by atoms with van der Waals surface area (Å²) in [5.74, 6) is 0.251. The molecule has 0 aromatic carbocycles. The van der Waals surface area contributed by atoms with Crippen LogP contribution in [0, 0.1) is 0 Å². The van der Waals surface area contributed by atoms with Gasteiger partial charge < -0.3 is 9.80 Å². The Hall–Kier alpha value is -1.06. The maximum absolute atomic E-state index is 11.4. The largest absolute Gasteiger partial charge is 0.336 e. The average Bonchev–Trinajstić information content (AvgIpc) is 3.00. The zero-order valence-electron chi connectivity index (χ0n) is 8.69. The predicted molar refractivity (Wildman–Crippen MR) is 51.6 cm³/mol. The van der Waals surface area contributed by atoms with Crippen molar-refractivity contribution in [2.45, 2.75) is 38.8 Å². The molecule has 2 rings (SSSR count). The van der Waals surface area contributed by atoms with E-state index in [0.717, 1.165) is 13.1 Å². The molecule has 2 fully saturated rings. The van der Waals surface area contributed by atoms with Gasteiger partial charge in [-0.1, -0.05) is 0 Å². The standard InChI is InChI=1S/C10H16N2O2/c1-7-5-11(7)9(13)3-4-10(14)12-6-8(12)2/h7-8H,3-6H2,1-2H3. The van der Waals surface area contributed by atoms with Crippen molar-refractivity contribution in [2.75, 3.05) is 13.1 Å². The lowest BCUT2D eigenvalue weighted by Gasteiger charge is -2.03. The highest BCUT2D eigenvalue weighted by Gasteiger charge is 2.36. The summed E-state index contributed by atoms with van der Waals surface area (Å²) in [5.41, 5.74) is 0. The number of hydrogen-bond donors (Lipinski definition) is 0. The number of rotatable bonds is 3. The Morgan fingerprint density at radius 3 is 1.50 bits per heavy atom. The number of nitrogens with zero attached hydrogens (tertiary/aromatic N) is 2. The molecule has 0 bridgehead atoms. The van der Waals surface area contributed by atoms with E-state index in [1.807, 2.05) is 13.8 Å². The van der Waals surface area contributed by atoms with E-state index in [0.29, 0.717) is 24.9 Å². The Morgan fingerprint density at radius 2 is 1.29 bits per heavy atom. The van der Waals surface area contributed by atoms with Crippen molar-refractivity contribution >= 4 is 11.8 Å². The highest BCUT2D eigenvalue weighted by Crippen LogP contribution is 2.21. The Kier molecular flexibility index (Phi) is 2.21. The summed E-state index contributed by atoms with van der Waals surface area (Å²) in [7, 11) is 0. The van der Waals surface area contributed by atoms with Gasteiger partial charge in [0.2, 0.25) is 11.8 Å². The van der Waals surface area contributed by atoms with Gasteiger partial charge in [-0.05, 0) is 13.8 Å².